The Morgan fingerprint density at radius 2 is 2.11 bits per heavy atom. The van der Waals surface area contributed by atoms with E-state index in [1.54, 1.807) is 0 Å². The van der Waals surface area contributed by atoms with Gasteiger partial charge in [0.1, 0.15) is 6.04 Å². The normalized spacial score (nSPS) is 17.7. The first-order chi connectivity index (χ1) is 12.6. The van der Waals surface area contributed by atoms with Crippen LogP contribution in [0.15, 0.2) is 24.3 Å². The predicted molar refractivity (Wildman–Crippen MR) is 90.6 cm³/mol. The number of piperazine rings is 1. The first kappa shape index (κ1) is 20.8. The van der Waals surface area contributed by atoms with Gasteiger partial charge in [-0.05, 0) is 23.8 Å². The summed E-state index contributed by atoms with van der Waals surface area (Å²) in [5.41, 5.74) is -0.897. The number of methoxy groups -OCH3 is 1. The minimum atomic E-state index is -4.62. The maximum Gasteiger partial charge on any atom is 0.417 e. The molecule has 6 nitrogen and oxygen atoms in total. The second kappa shape index (κ2) is 8.43. The molecule has 0 aliphatic carbocycles. The Balaban J connectivity index is 2.19. The summed E-state index contributed by atoms with van der Waals surface area (Å²) in [5, 5.41) is 2.10. The van der Waals surface area contributed by atoms with E-state index in [0.29, 0.717) is 0 Å². The van der Waals surface area contributed by atoms with Gasteiger partial charge in [0.15, 0.2) is 0 Å². The van der Waals surface area contributed by atoms with E-state index in [4.69, 9.17) is 11.6 Å². The Bertz CT molecular complexity index is 780. The van der Waals surface area contributed by atoms with E-state index < -0.39 is 40.6 Å². The van der Waals surface area contributed by atoms with Gasteiger partial charge in [0.05, 0.1) is 24.1 Å². The van der Waals surface area contributed by atoms with Crippen molar-refractivity contribution in [1.82, 2.24) is 10.2 Å². The molecule has 0 bridgehead atoms. The highest BCUT2D eigenvalue weighted by Gasteiger charge is 2.35. The average Bonchev–Trinajstić information content (AvgIpc) is 2.61. The molecular formula is C17H16ClF3N2O4. The van der Waals surface area contributed by atoms with Crippen molar-refractivity contribution >= 4 is 35.5 Å². The van der Waals surface area contributed by atoms with E-state index in [0.717, 1.165) is 25.3 Å². The van der Waals surface area contributed by atoms with Crippen LogP contribution in [-0.2, 0) is 25.3 Å². The molecule has 0 spiro atoms. The minimum absolute atomic E-state index is 0.117. The number of hydrogen-bond donors (Lipinski definition) is 1. The SMILES string of the molecule is COC(=O)C[C@H]1C(=O)NCCN1C(=O)/C=C\c1ccc(Cl)c(C(F)(F)F)c1. The molecule has 0 unspecified atom stereocenters. The smallest absolute Gasteiger partial charge is 0.417 e. The lowest BCUT2D eigenvalue weighted by atomic mass is 10.1. The van der Waals surface area contributed by atoms with E-state index in [1.807, 2.05) is 0 Å². The van der Waals surface area contributed by atoms with Crippen molar-refractivity contribution in [1.29, 1.82) is 0 Å². The van der Waals surface area contributed by atoms with Crippen LogP contribution >= 0.6 is 11.6 Å². The van der Waals surface area contributed by atoms with Crippen molar-refractivity contribution in [2.75, 3.05) is 20.2 Å². The third-order valence-corrected chi connectivity index (χ3v) is 4.25. The number of nitrogens with zero attached hydrogens (tertiary/aromatic N) is 1. The largest absolute Gasteiger partial charge is 0.469 e. The highest BCUT2D eigenvalue weighted by Crippen LogP contribution is 2.35. The highest BCUT2D eigenvalue weighted by atomic mass is 35.5. The van der Waals surface area contributed by atoms with Crippen molar-refractivity contribution in [3.63, 3.8) is 0 Å². The quantitative estimate of drug-likeness (QED) is 0.617. The van der Waals surface area contributed by atoms with Crippen LogP contribution in [0.3, 0.4) is 0 Å². The second-order valence-corrected chi connectivity index (χ2v) is 6.10. The second-order valence-electron chi connectivity index (χ2n) is 5.69. The summed E-state index contributed by atoms with van der Waals surface area (Å²) in [6.45, 7) is 0.361. The van der Waals surface area contributed by atoms with Crippen LogP contribution in [0.1, 0.15) is 17.5 Å². The average molecular weight is 405 g/mol. The maximum absolute atomic E-state index is 12.9. The number of esters is 1. The van der Waals surface area contributed by atoms with Crippen LogP contribution in [0.5, 0.6) is 0 Å². The van der Waals surface area contributed by atoms with Crippen LogP contribution in [0.2, 0.25) is 5.02 Å². The Kier molecular flexibility index (Phi) is 6.48. The fourth-order valence-corrected chi connectivity index (χ4v) is 2.77. The van der Waals surface area contributed by atoms with E-state index in [1.165, 1.54) is 17.0 Å². The number of hydrogen-bond acceptors (Lipinski definition) is 4. The number of halogens is 4. The third-order valence-electron chi connectivity index (χ3n) is 3.92. The van der Waals surface area contributed by atoms with E-state index in [-0.39, 0.29) is 25.1 Å². The first-order valence-corrected chi connectivity index (χ1v) is 8.21. The molecule has 1 saturated heterocycles. The summed E-state index contributed by atoms with van der Waals surface area (Å²) in [4.78, 5) is 37.0. The van der Waals surface area contributed by atoms with Crippen LogP contribution in [0, 0.1) is 0 Å². The monoisotopic (exact) mass is 404 g/mol. The number of amides is 2. The number of benzene rings is 1. The molecule has 1 aromatic carbocycles. The Labute approximate surface area is 157 Å². The molecule has 0 radical (unpaired) electrons. The van der Waals surface area contributed by atoms with Crippen LogP contribution in [0.4, 0.5) is 13.2 Å². The van der Waals surface area contributed by atoms with Crippen molar-refractivity contribution in [2.45, 2.75) is 18.6 Å². The summed E-state index contributed by atoms with van der Waals surface area (Å²) in [5.74, 6) is -1.77. The molecule has 1 aliphatic heterocycles. The summed E-state index contributed by atoms with van der Waals surface area (Å²) >= 11 is 5.56. The number of carbonyl (C=O) groups is 3. The highest BCUT2D eigenvalue weighted by molar-refractivity contribution is 6.31. The third kappa shape index (κ3) is 5.22. The van der Waals surface area contributed by atoms with Crippen LogP contribution in [-0.4, -0.2) is 48.9 Å². The lowest BCUT2D eigenvalue weighted by Gasteiger charge is -2.33. The van der Waals surface area contributed by atoms with Crippen LogP contribution < -0.4 is 5.32 Å². The number of alkyl halides is 3. The molecule has 1 aliphatic rings. The minimum Gasteiger partial charge on any atom is -0.469 e. The van der Waals surface area contributed by atoms with Gasteiger partial charge >= 0.3 is 12.1 Å². The van der Waals surface area contributed by atoms with Crippen LogP contribution in [0.25, 0.3) is 6.08 Å². The van der Waals surface area contributed by atoms with Gasteiger partial charge in [0, 0.05) is 19.2 Å². The molecular weight excluding hydrogens is 389 g/mol. The molecule has 2 amide bonds. The van der Waals surface area contributed by atoms with Crippen molar-refractivity contribution in [2.24, 2.45) is 0 Å². The van der Waals surface area contributed by atoms with Gasteiger partial charge in [0.2, 0.25) is 11.8 Å². The molecule has 1 fully saturated rings. The zero-order valence-corrected chi connectivity index (χ0v) is 14.9. The fourth-order valence-electron chi connectivity index (χ4n) is 2.55. The molecule has 0 aromatic heterocycles. The fraction of sp³-hybridized carbons (Fsp3) is 0.353. The Hall–Kier alpha value is -2.55. The first-order valence-electron chi connectivity index (χ1n) is 7.83. The molecule has 0 saturated carbocycles. The Morgan fingerprint density at radius 1 is 1.41 bits per heavy atom. The Morgan fingerprint density at radius 3 is 2.74 bits per heavy atom. The summed E-state index contributed by atoms with van der Waals surface area (Å²) in [7, 11) is 1.16. The number of carbonyl (C=O) groups excluding carboxylic acids is 3. The topological polar surface area (TPSA) is 75.7 Å². The van der Waals surface area contributed by atoms with Crippen molar-refractivity contribution < 1.29 is 32.3 Å². The molecule has 2 rings (SSSR count). The van der Waals surface area contributed by atoms with E-state index >= 15 is 0 Å². The van der Waals surface area contributed by atoms with Gasteiger partial charge in [-0.15, -0.1) is 0 Å². The van der Waals surface area contributed by atoms with Gasteiger partial charge in [0.25, 0.3) is 0 Å². The van der Waals surface area contributed by atoms with Crippen molar-refractivity contribution in [3.05, 3.63) is 40.4 Å². The predicted octanol–water partition coefficient (Wildman–Crippen LogP) is 2.26. The molecule has 10 heteroatoms. The van der Waals surface area contributed by atoms with Gasteiger partial charge in [-0.1, -0.05) is 17.7 Å². The molecule has 1 N–H and O–H groups in total. The zero-order valence-electron chi connectivity index (χ0n) is 14.2. The van der Waals surface area contributed by atoms with Gasteiger partial charge in [-0.3, -0.25) is 14.4 Å². The standard InChI is InChI=1S/C17H16ClF3N2O4/c1-27-15(25)9-13-16(26)22-6-7-23(13)14(24)5-3-10-2-4-12(18)11(8-10)17(19,20)21/h2-5,8,13H,6-7,9H2,1H3,(H,22,26)/b5-3-/t13-/m0/s1. The molecule has 1 heterocycles. The molecule has 1 atom stereocenters. The molecule has 27 heavy (non-hydrogen) atoms. The maximum atomic E-state index is 12.9. The number of nitrogens with one attached hydrogen (secondary N) is 1. The van der Waals surface area contributed by atoms with Gasteiger partial charge in [-0.25, -0.2) is 0 Å². The van der Waals surface area contributed by atoms with E-state index in [2.05, 4.69) is 10.1 Å². The number of ether oxygens (including phenoxy) is 1. The molecule has 1 aromatic rings. The van der Waals surface area contributed by atoms with E-state index in [9.17, 15) is 27.6 Å². The lowest BCUT2D eigenvalue weighted by molar-refractivity contribution is -0.148. The van der Waals surface area contributed by atoms with Gasteiger partial charge in [-0.2, -0.15) is 13.2 Å². The summed E-state index contributed by atoms with van der Waals surface area (Å²) in [6, 6.07) is 2.19. The van der Waals surface area contributed by atoms with Gasteiger partial charge < -0.3 is 15.0 Å². The summed E-state index contributed by atoms with van der Waals surface area (Å²) < 4.78 is 43.2. The lowest BCUT2D eigenvalue weighted by Crippen LogP contribution is -2.57. The van der Waals surface area contributed by atoms with Crippen molar-refractivity contribution in [3.8, 4) is 0 Å². The summed E-state index contributed by atoms with van der Waals surface area (Å²) in [6.07, 6.45) is -2.70. The zero-order chi connectivity index (χ0) is 20.2. The number of rotatable bonds is 4. The molecule has 146 valence electrons.